The SMILES string of the molecule is CCCCN(C(=O)c1cc(Cl)cc(Br)c1)c1ccccc1. The zero-order chi connectivity index (χ0) is 15.2. The maximum absolute atomic E-state index is 12.8. The van der Waals surface area contributed by atoms with Crippen LogP contribution in [0.5, 0.6) is 0 Å². The molecule has 2 rings (SSSR count). The molecular weight excluding hydrogens is 350 g/mol. The van der Waals surface area contributed by atoms with E-state index in [1.165, 1.54) is 0 Å². The molecule has 4 heteroatoms. The van der Waals surface area contributed by atoms with Gasteiger partial charge in [-0.1, -0.05) is 59.1 Å². The van der Waals surface area contributed by atoms with Crippen LogP contribution in [0.4, 0.5) is 5.69 Å². The van der Waals surface area contributed by atoms with Crippen LogP contribution >= 0.6 is 27.5 Å². The lowest BCUT2D eigenvalue weighted by molar-refractivity contribution is 0.0986. The van der Waals surface area contributed by atoms with E-state index in [0.29, 0.717) is 17.1 Å². The predicted molar refractivity (Wildman–Crippen MR) is 92.2 cm³/mol. The number of carbonyl (C=O) groups excluding carboxylic acids is 1. The van der Waals surface area contributed by atoms with Gasteiger partial charge in [-0.2, -0.15) is 0 Å². The average Bonchev–Trinajstić information content (AvgIpc) is 2.47. The molecule has 0 fully saturated rings. The maximum atomic E-state index is 12.8. The molecule has 21 heavy (non-hydrogen) atoms. The van der Waals surface area contributed by atoms with Gasteiger partial charge in [0, 0.05) is 27.3 Å². The number of hydrogen-bond donors (Lipinski definition) is 0. The van der Waals surface area contributed by atoms with Crippen molar-refractivity contribution >= 4 is 39.1 Å². The molecule has 0 unspecified atom stereocenters. The Balaban J connectivity index is 2.33. The van der Waals surface area contributed by atoms with Crippen molar-refractivity contribution in [2.45, 2.75) is 19.8 Å². The van der Waals surface area contributed by atoms with Gasteiger partial charge in [-0.3, -0.25) is 4.79 Å². The molecule has 0 heterocycles. The molecule has 0 aliphatic carbocycles. The van der Waals surface area contributed by atoms with Crippen LogP contribution in [-0.4, -0.2) is 12.5 Å². The smallest absolute Gasteiger partial charge is 0.258 e. The van der Waals surface area contributed by atoms with Crippen molar-refractivity contribution in [1.29, 1.82) is 0 Å². The Hall–Kier alpha value is -1.32. The third kappa shape index (κ3) is 4.32. The first kappa shape index (κ1) is 16.1. The van der Waals surface area contributed by atoms with Gasteiger partial charge in [0.2, 0.25) is 0 Å². The van der Waals surface area contributed by atoms with Crippen LogP contribution in [0.25, 0.3) is 0 Å². The summed E-state index contributed by atoms with van der Waals surface area (Å²) in [4.78, 5) is 14.6. The first-order valence-corrected chi connectivity index (χ1v) is 8.12. The van der Waals surface area contributed by atoms with Gasteiger partial charge >= 0.3 is 0 Å². The minimum Gasteiger partial charge on any atom is -0.308 e. The van der Waals surface area contributed by atoms with E-state index in [-0.39, 0.29) is 5.91 Å². The zero-order valence-corrected chi connectivity index (χ0v) is 14.2. The lowest BCUT2D eigenvalue weighted by Gasteiger charge is -2.23. The second-order valence-corrected chi connectivity index (χ2v) is 6.16. The molecule has 110 valence electrons. The standard InChI is InChI=1S/C17H17BrClNO/c1-2-3-9-20(16-7-5-4-6-8-16)17(21)13-10-14(18)12-15(19)11-13/h4-8,10-12H,2-3,9H2,1H3. The Bertz CT molecular complexity index is 595. The number of nitrogens with zero attached hydrogens (tertiary/aromatic N) is 1. The minimum absolute atomic E-state index is 0.0298. The van der Waals surface area contributed by atoms with E-state index in [1.54, 1.807) is 18.2 Å². The second kappa shape index (κ2) is 7.62. The highest BCUT2D eigenvalue weighted by atomic mass is 79.9. The van der Waals surface area contributed by atoms with Gasteiger partial charge in [-0.15, -0.1) is 0 Å². The lowest BCUT2D eigenvalue weighted by atomic mass is 10.1. The Morgan fingerprint density at radius 2 is 1.90 bits per heavy atom. The summed E-state index contributed by atoms with van der Waals surface area (Å²) in [7, 11) is 0. The van der Waals surface area contributed by atoms with Crippen molar-refractivity contribution in [3.05, 3.63) is 63.6 Å². The molecule has 0 N–H and O–H groups in total. The predicted octanol–water partition coefficient (Wildman–Crippen LogP) is 5.55. The van der Waals surface area contributed by atoms with E-state index in [1.807, 2.05) is 35.2 Å². The molecule has 2 aromatic carbocycles. The van der Waals surface area contributed by atoms with Gasteiger partial charge < -0.3 is 4.90 Å². The van der Waals surface area contributed by atoms with Gasteiger partial charge in [0.1, 0.15) is 0 Å². The Morgan fingerprint density at radius 3 is 2.52 bits per heavy atom. The van der Waals surface area contributed by atoms with Crippen molar-refractivity contribution in [3.63, 3.8) is 0 Å². The summed E-state index contributed by atoms with van der Waals surface area (Å²) in [5.41, 5.74) is 1.50. The molecule has 1 amide bonds. The fraction of sp³-hybridized carbons (Fsp3) is 0.235. The third-order valence-corrected chi connectivity index (χ3v) is 3.83. The number of anilines is 1. The quantitative estimate of drug-likeness (QED) is 0.679. The summed E-state index contributed by atoms with van der Waals surface area (Å²) in [6, 6.07) is 15.0. The Kier molecular flexibility index (Phi) is 5.83. The van der Waals surface area contributed by atoms with Crippen molar-refractivity contribution < 1.29 is 4.79 Å². The Morgan fingerprint density at radius 1 is 1.19 bits per heavy atom. The number of hydrogen-bond acceptors (Lipinski definition) is 1. The fourth-order valence-corrected chi connectivity index (χ4v) is 2.97. The second-order valence-electron chi connectivity index (χ2n) is 4.80. The highest BCUT2D eigenvalue weighted by Crippen LogP contribution is 2.23. The molecule has 0 atom stereocenters. The zero-order valence-electron chi connectivity index (χ0n) is 11.9. The van der Waals surface area contributed by atoms with Gasteiger partial charge in [0.05, 0.1) is 0 Å². The Labute approximate surface area is 138 Å². The molecule has 0 aliphatic heterocycles. The number of benzene rings is 2. The minimum atomic E-state index is -0.0298. The highest BCUT2D eigenvalue weighted by Gasteiger charge is 2.17. The van der Waals surface area contributed by atoms with Crippen LogP contribution in [0, 0.1) is 0 Å². The number of carbonyl (C=O) groups is 1. The summed E-state index contributed by atoms with van der Waals surface area (Å²) in [5.74, 6) is -0.0298. The largest absolute Gasteiger partial charge is 0.308 e. The molecule has 0 aromatic heterocycles. The summed E-state index contributed by atoms with van der Waals surface area (Å²) in [6.45, 7) is 2.81. The number of rotatable bonds is 5. The van der Waals surface area contributed by atoms with E-state index < -0.39 is 0 Å². The maximum Gasteiger partial charge on any atom is 0.258 e. The highest BCUT2D eigenvalue weighted by molar-refractivity contribution is 9.10. The van der Waals surface area contributed by atoms with Gasteiger partial charge in [-0.25, -0.2) is 0 Å². The van der Waals surface area contributed by atoms with E-state index in [0.717, 1.165) is 23.0 Å². The van der Waals surface area contributed by atoms with E-state index in [4.69, 9.17) is 11.6 Å². The van der Waals surface area contributed by atoms with E-state index >= 15 is 0 Å². The van der Waals surface area contributed by atoms with Gasteiger partial charge in [-0.05, 0) is 36.8 Å². The fourth-order valence-electron chi connectivity index (χ4n) is 2.11. The first-order chi connectivity index (χ1) is 10.1. The molecule has 0 saturated carbocycles. The topological polar surface area (TPSA) is 20.3 Å². The van der Waals surface area contributed by atoms with Crippen molar-refractivity contribution in [3.8, 4) is 0 Å². The molecule has 2 nitrogen and oxygen atoms in total. The average molecular weight is 367 g/mol. The van der Waals surface area contributed by atoms with Crippen LogP contribution in [-0.2, 0) is 0 Å². The van der Waals surface area contributed by atoms with Crippen molar-refractivity contribution in [1.82, 2.24) is 0 Å². The molecule has 0 saturated heterocycles. The summed E-state index contributed by atoms with van der Waals surface area (Å²) < 4.78 is 0.807. The summed E-state index contributed by atoms with van der Waals surface area (Å²) in [5, 5.41) is 0.552. The molecule has 0 spiro atoms. The normalized spacial score (nSPS) is 10.4. The number of amides is 1. The summed E-state index contributed by atoms with van der Waals surface area (Å²) >= 11 is 9.43. The van der Waals surface area contributed by atoms with Crippen LogP contribution in [0.2, 0.25) is 5.02 Å². The van der Waals surface area contributed by atoms with Crippen LogP contribution in [0.3, 0.4) is 0 Å². The number of para-hydroxylation sites is 1. The number of halogens is 2. The van der Waals surface area contributed by atoms with E-state index in [2.05, 4.69) is 22.9 Å². The third-order valence-electron chi connectivity index (χ3n) is 3.16. The first-order valence-electron chi connectivity index (χ1n) is 6.95. The molecule has 2 aromatic rings. The van der Waals surface area contributed by atoms with Crippen LogP contribution in [0.1, 0.15) is 30.1 Å². The molecule has 0 radical (unpaired) electrons. The van der Waals surface area contributed by atoms with Gasteiger partial charge in [0.25, 0.3) is 5.91 Å². The lowest BCUT2D eigenvalue weighted by Crippen LogP contribution is -2.31. The van der Waals surface area contributed by atoms with Crippen LogP contribution in [0.15, 0.2) is 53.0 Å². The van der Waals surface area contributed by atoms with Crippen LogP contribution < -0.4 is 4.90 Å². The van der Waals surface area contributed by atoms with E-state index in [9.17, 15) is 4.79 Å². The number of unbranched alkanes of at least 4 members (excludes halogenated alkanes) is 1. The molecule has 0 bridgehead atoms. The molecular formula is C17H17BrClNO. The summed E-state index contributed by atoms with van der Waals surface area (Å²) in [6.07, 6.45) is 2.00. The van der Waals surface area contributed by atoms with Crippen molar-refractivity contribution in [2.75, 3.05) is 11.4 Å². The molecule has 0 aliphatic rings. The van der Waals surface area contributed by atoms with Gasteiger partial charge in [0.15, 0.2) is 0 Å². The monoisotopic (exact) mass is 365 g/mol. The van der Waals surface area contributed by atoms with Crippen molar-refractivity contribution in [2.24, 2.45) is 0 Å².